The standard InChI is InChI=1S/C13H24N6O2/c1-10(20)14-5-6-15-12(21)9-19-8-11(17-18-19)7-16-13(2,3)4/h8,16H,5-7,9H2,1-4H3,(H,14,20)(H,15,21). The first-order valence-electron chi connectivity index (χ1n) is 6.91. The normalized spacial score (nSPS) is 11.2. The molecule has 1 aromatic rings. The topological polar surface area (TPSA) is 101 Å². The number of carbonyl (C=O) groups excluding carboxylic acids is 2. The molecule has 0 radical (unpaired) electrons. The largest absolute Gasteiger partial charge is 0.355 e. The Hall–Kier alpha value is -1.96. The first kappa shape index (κ1) is 17.1. The maximum Gasteiger partial charge on any atom is 0.241 e. The SMILES string of the molecule is CC(=O)NCCNC(=O)Cn1cc(CNC(C)(C)C)nn1. The summed E-state index contributed by atoms with van der Waals surface area (Å²) in [7, 11) is 0. The molecule has 0 saturated carbocycles. The van der Waals surface area contributed by atoms with E-state index in [0.717, 1.165) is 5.69 Å². The van der Waals surface area contributed by atoms with Gasteiger partial charge in [-0.1, -0.05) is 5.21 Å². The minimum Gasteiger partial charge on any atom is -0.355 e. The van der Waals surface area contributed by atoms with Crippen LogP contribution >= 0.6 is 0 Å². The predicted molar refractivity (Wildman–Crippen MR) is 78.3 cm³/mol. The van der Waals surface area contributed by atoms with Crippen LogP contribution in [0.15, 0.2) is 6.20 Å². The zero-order chi connectivity index (χ0) is 15.9. The van der Waals surface area contributed by atoms with Gasteiger partial charge in [0, 0.05) is 32.1 Å². The summed E-state index contributed by atoms with van der Waals surface area (Å²) in [6.07, 6.45) is 1.74. The Morgan fingerprint density at radius 2 is 1.90 bits per heavy atom. The van der Waals surface area contributed by atoms with Crippen molar-refractivity contribution in [3.63, 3.8) is 0 Å². The van der Waals surface area contributed by atoms with Gasteiger partial charge >= 0.3 is 0 Å². The minimum absolute atomic E-state index is 0.00483. The van der Waals surface area contributed by atoms with Gasteiger partial charge in [-0.2, -0.15) is 0 Å². The van der Waals surface area contributed by atoms with Crippen LogP contribution in [0.4, 0.5) is 0 Å². The summed E-state index contributed by atoms with van der Waals surface area (Å²) in [5.41, 5.74) is 0.793. The van der Waals surface area contributed by atoms with Crippen molar-refractivity contribution in [3.8, 4) is 0 Å². The number of carbonyl (C=O) groups is 2. The third kappa shape index (κ3) is 8.03. The van der Waals surface area contributed by atoms with E-state index in [2.05, 4.69) is 47.0 Å². The summed E-state index contributed by atoms with van der Waals surface area (Å²) in [4.78, 5) is 22.3. The van der Waals surface area contributed by atoms with Crippen molar-refractivity contribution in [1.29, 1.82) is 0 Å². The molecule has 2 amide bonds. The van der Waals surface area contributed by atoms with Crippen molar-refractivity contribution in [1.82, 2.24) is 30.9 Å². The lowest BCUT2D eigenvalue weighted by Crippen LogP contribution is -2.35. The number of nitrogens with zero attached hydrogens (tertiary/aromatic N) is 3. The highest BCUT2D eigenvalue weighted by molar-refractivity contribution is 5.76. The highest BCUT2D eigenvalue weighted by Crippen LogP contribution is 2.01. The van der Waals surface area contributed by atoms with Crippen LogP contribution in [0.3, 0.4) is 0 Å². The maximum atomic E-state index is 11.7. The van der Waals surface area contributed by atoms with Gasteiger partial charge in [-0.05, 0) is 20.8 Å². The van der Waals surface area contributed by atoms with Crippen LogP contribution in [0, 0.1) is 0 Å². The lowest BCUT2D eigenvalue weighted by molar-refractivity contribution is -0.122. The molecule has 8 nitrogen and oxygen atoms in total. The van der Waals surface area contributed by atoms with Crippen molar-refractivity contribution in [2.75, 3.05) is 13.1 Å². The summed E-state index contributed by atoms with van der Waals surface area (Å²) in [6, 6.07) is 0. The van der Waals surface area contributed by atoms with E-state index in [-0.39, 0.29) is 23.9 Å². The number of hydrogen-bond acceptors (Lipinski definition) is 5. The quantitative estimate of drug-likeness (QED) is 0.584. The van der Waals surface area contributed by atoms with Crippen LogP contribution in [-0.4, -0.2) is 45.4 Å². The van der Waals surface area contributed by atoms with Gasteiger partial charge in [0.15, 0.2) is 0 Å². The van der Waals surface area contributed by atoms with Crippen LogP contribution in [-0.2, 0) is 22.7 Å². The molecule has 0 saturated heterocycles. The fourth-order valence-corrected chi connectivity index (χ4v) is 1.50. The molecular weight excluding hydrogens is 272 g/mol. The summed E-state index contributed by atoms with van der Waals surface area (Å²) < 4.78 is 1.49. The van der Waals surface area contributed by atoms with Crippen molar-refractivity contribution >= 4 is 11.8 Å². The van der Waals surface area contributed by atoms with Gasteiger partial charge in [0.2, 0.25) is 11.8 Å². The number of hydrogen-bond donors (Lipinski definition) is 3. The number of amides is 2. The van der Waals surface area contributed by atoms with Crippen LogP contribution in [0.5, 0.6) is 0 Å². The van der Waals surface area contributed by atoms with Gasteiger partial charge in [-0.25, -0.2) is 4.68 Å². The second-order valence-corrected chi connectivity index (χ2v) is 5.84. The smallest absolute Gasteiger partial charge is 0.241 e. The fraction of sp³-hybridized carbons (Fsp3) is 0.692. The molecule has 0 aliphatic carbocycles. The van der Waals surface area contributed by atoms with E-state index < -0.39 is 0 Å². The minimum atomic E-state index is -0.166. The molecule has 0 aliphatic heterocycles. The molecule has 21 heavy (non-hydrogen) atoms. The Morgan fingerprint density at radius 3 is 2.52 bits per heavy atom. The van der Waals surface area contributed by atoms with Crippen molar-refractivity contribution in [2.45, 2.75) is 46.3 Å². The Balaban J connectivity index is 2.30. The molecule has 0 atom stereocenters. The van der Waals surface area contributed by atoms with E-state index in [9.17, 15) is 9.59 Å². The van der Waals surface area contributed by atoms with Crippen molar-refractivity contribution in [3.05, 3.63) is 11.9 Å². The molecule has 8 heteroatoms. The average Bonchev–Trinajstić information content (AvgIpc) is 2.79. The summed E-state index contributed by atoms with van der Waals surface area (Å²) >= 11 is 0. The maximum absolute atomic E-state index is 11.7. The highest BCUT2D eigenvalue weighted by atomic mass is 16.2. The molecule has 1 heterocycles. The lowest BCUT2D eigenvalue weighted by atomic mass is 10.1. The molecular formula is C13H24N6O2. The fourth-order valence-electron chi connectivity index (χ4n) is 1.50. The highest BCUT2D eigenvalue weighted by Gasteiger charge is 2.11. The molecule has 0 fully saturated rings. The summed E-state index contributed by atoms with van der Waals surface area (Å²) in [5, 5.41) is 16.5. The van der Waals surface area contributed by atoms with Gasteiger partial charge in [0.05, 0.1) is 11.9 Å². The molecule has 0 bridgehead atoms. The number of rotatable bonds is 7. The van der Waals surface area contributed by atoms with Gasteiger partial charge in [-0.15, -0.1) is 5.10 Å². The number of aromatic nitrogens is 3. The van der Waals surface area contributed by atoms with Crippen LogP contribution < -0.4 is 16.0 Å². The number of nitrogens with one attached hydrogen (secondary N) is 3. The van der Waals surface area contributed by atoms with E-state index >= 15 is 0 Å². The van der Waals surface area contributed by atoms with E-state index in [0.29, 0.717) is 19.6 Å². The Morgan fingerprint density at radius 1 is 1.24 bits per heavy atom. The molecule has 3 N–H and O–H groups in total. The molecule has 1 aromatic heterocycles. The predicted octanol–water partition coefficient (Wildman–Crippen LogP) is -0.581. The average molecular weight is 296 g/mol. The lowest BCUT2D eigenvalue weighted by Gasteiger charge is -2.19. The Bertz CT molecular complexity index is 477. The molecule has 0 aliphatic rings. The van der Waals surface area contributed by atoms with Gasteiger partial charge in [0.25, 0.3) is 0 Å². The van der Waals surface area contributed by atoms with Crippen molar-refractivity contribution < 1.29 is 9.59 Å². The van der Waals surface area contributed by atoms with E-state index in [1.54, 1.807) is 6.20 Å². The zero-order valence-electron chi connectivity index (χ0n) is 13.1. The van der Waals surface area contributed by atoms with Gasteiger partial charge < -0.3 is 16.0 Å². The molecule has 0 spiro atoms. The monoisotopic (exact) mass is 296 g/mol. The Kier molecular flexibility index (Phi) is 6.29. The van der Waals surface area contributed by atoms with Crippen LogP contribution in [0.1, 0.15) is 33.4 Å². The van der Waals surface area contributed by atoms with Crippen LogP contribution in [0.25, 0.3) is 0 Å². The van der Waals surface area contributed by atoms with E-state index in [1.807, 2.05) is 0 Å². The summed E-state index contributed by atoms with van der Waals surface area (Å²) in [6.45, 7) is 9.17. The Labute approximate surface area is 124 Å². The second kappa shape index (κ2) is 7.72. The third-order valence-corrected chi connectivity index (χ3v) is 2.51. The third-order valence-electron chi connectivity index (χ3n) is 2.51. The van der Waals surface area contributed by atoms with Crippen LogP contribution in [0.2, 0.25) is 0 Å². The van der Waals surface area contributed by atoms with Crippen molar-refractivity contribution in [2.24, 2.45) is 0 Å². The molecule has 0 aromatic carbocycles. The zero-order valence-corrected chi connectivity index (χ0v) is 13.1. The first-order valence-corrected chi connectivity index (χ1v) is 6.91. The summed E-state index contributed by atoms with van der Waals surface area (Å²) in [5.74, 6) is -0.280. The first-order chi connectivity index (χ1) is 9.76. The second-order valence-electron chi connectivity index (χ2n) is 5.84. The van der Waals surface area contributed by atoms with Gasteiger partial charge in [-0.3, -0.25) is 9.59 Å². The van der Waals surface area contributed by atoms with E-state index in [1.165, 1.54) is 11.6 Å². The molecule has 1 rings (SSSR count). The molecule has 118 valence electrons. The molecule has 0 unspecified atom stereocenters. The van der Waals surface area contributed by atoms with Gasteiger partial charge in [0.1, 0.15) is 6.54 Å². The van der Waals surface area contributed by atoms with E-state index in [4.69, 9.17) is 0 Å².